The molecule has 0 spiro atoms. The maximum absolute atomic E-state index is 13.3. The zero-order chi connectivity index (χ0) is 25.1. The Morgan fingerprint density at radius 3 is 2.40 bits per heavy atom. The maximum atomic E-state index is 13.3. The second-order valence-corrected chi connectivity index (χ2v) is 9.05. The van der Waals surface area contributed by atoms with Crippen molar-refractivity contribution in [2.45, 2.75) is 32.4 Å². The topological polar surface area (TPSA) is 66.8 Å². The molecule has 3 aromatic carbocycles. The lowest BCUT2D eigenvalue weighted by atomic mass is 9.95. The number of carbonyl (C=O) groups is 2. The van der Waals surface area contributed by atoms with Crippen LogP contribution in [0.15, 0.2) is 78.4 Å². The number of hydrogen-bond donors (Lipinski definition) is 1. The second kappa shape index (κ2) is 10.3. The van der Waals surface area contributed by atoms with Gasteiger partial charge in [0.05, 0.1) is 17.7 Å². The molecule has 1 amide bonds. The molecule has 1 heterocycles. The van der Waals surface area contributed by atoms with Gasteiger partial charge in [-0.2, -0.15) is 0 Å². The number of halogens is 2. The summed E-state index contributed by atoms with van der Waals surface area (Å²) in [7, 11) is 0. The minimum absolute atomic E-state index is 0.00174. The number of carbonyl (C=O) groups excluding carboxylic acids is 2. The number of rotatable bonds is 7. The van der Waals surface area contributed by atoms with Crippen LogP contribution in [0, 0.1) is 5.82 Å². The average Bonchev–Trinajstić information content (AvgIpc) is 3.08. The van der Waals surface area contributed by atoms with Crippen molar-refractivity contribution in [1.82, 2.24) is 4.90 Å². The summed E-state index contributed by atoms with van der Waals surface area (Å²) in [5.74, 6) is -1.50. The first-order valence-electron chi connectivity index (χ1n) is 11.3. The van der Waals surface area contributed by atoms with Crippen molar-refractivity contribution >= 4 is 29.1 Å². The van der Waals surface area contributed by atoms with Crippen molar-refractivity contribution in [3.8, 4) is 5.75 Å². The largest absolute Gasteiger partial charge is 0.507 e. The summed E-state index contributed by atoms with van der Waals surface area (Å²) in [5, 5.41) is 11.6. The van der Waals surface area contributed by atoms with Gasteiger partial charge in [-0.15, -0.1) is 0 Å². The van der Waals surface area contributed by atoms with Crippen molar-refractivity contribution in [3.63, 3.8) is 0 Å². The van der Waals surface area contributed by atoms with Gasteiger partial charge in [-0.1, -0.05) is 35.9 Å². The molecular formula is C28H25ClFNO4. The quantitative estimate of drug-likeness (QED) is 0.251. The van der Waals surface area contributed by atoms with Crippen LogP contribution in [0.25, 0.3) is 5.76 Å². The predicted molar refractivity (Wildman–Crippen MR) is 133 cm³/mol. The highest BCUT2D eigenvalue weighted by atomic mass is 35.5. The van der Waals surface area contributed by atoms with Crippen LogP contribution in [0.1, 0.15) is 36.6 Å². The van der Waals surface area contributed by atoms with Gasteiger partial charge in [-0.25, -0.2) is 4.39 Å². The third-order valence-electron chi connectivity index (χ3n) is 5.76. The summed E-state index contributed by atoms with van der Waals surface area (Å²) in [6, 6.07) is 18.7. The monoisotopic (exact) mass is 493 g/mol. The van der Waals surface area contributed by atoms with Crippen LogP contribution in [0.3, 0.4) is 0 Å². The summed E-state index contributed by atoms with van der Waals surface area (Å²) >= 11 is 5.98. The van der Waals surface area contributed by atoms with Crippen LogP contribution in [0.5, 0.6) is 5.75 Å². The number of aliphatic hydroxyl groups is 1. The summed E-state index contributed by atoms with van der Waals surface area (Å²) in [5.41, 5.74) is 1.84. The van der Waals surface area contributed by atoms with E-state index in [0.717, 1.165) is 5.56 Å². The minimum Gasteiger partial charge on any atom is -0.507 e. The van der Waals surface area contributed by atoms with Gasteiger partial charge in [0, 0.05) is 17.1 Å². The van der Waals surface area contributed by atoms with Crippen molar-refractivity contribution in [3.05, 3.63) is 106 Å². The molecule has 1 aliphatic heterocycles. The van der Waals surface area contributed by atoms with E-state index in [-0.39, 0.29) is 29.8 Å². The van der Waals surface area contributed by atoms with Crippen LogP contribution in [-0.2, 0) is 16.0 Å². The standard InChI is InChI=1S/C28H25ClFNO4/c1-17(2)35-23-5-3-4-20(16-23)25-24(26(32)19-8-10-21(29)11-9-19)27(33)28(34)31(25)15-14-18-6-12-22(30)13-7-18/h3-13,16-17,25,32H,14-15H2,1-2H3/b26-24-. The van der Waals surface area contributed by atoms with Gasteiger partial charge in [-0.3, -0.25) is 9.59 Å². The van der Waals surface area contributed by atoms with Gasteiger partial charge < -0.3 is 14.7 Å². The van der Waals surface area contributed by atoms with Crippen LogP contribution >= 0.6 is 11.6 Å². The Kier molecular flexibility index (Phi) is 7.22. The highest BCUT2D eigenvalue weighted by Gasteiger charge is 2.46. The molecule has 1 aliphatic rings. The fraction of sp³-hybridized carbons (Fsp3) is 0.214. The van der Waals surface area contributed by atoms with E-state index in [1.807, 2.05) is 13.8 Å². The summed E-state index contributed by atoms with van der Waals surface area (Å²) in [6.07, 6.45) is 0.344. The summed E-state index contributed by atoms with van der Waals surface area (Å²) in [4.78, 5) is 27.8. The lowest BCUT2D eigenvalue weighted by Crippen LogP contribution is -2.31. The van der Waals surface area contributed by atoms with Crippen molar-refractivity contribution < 1.29 is 23.8 Å². The van der Waals surface area contributed by atoms with Gasteiger partial charge in [0.15, 0.2) is 0 Å². The molecule has 1 fully saturated rings. The number of amides is 1. The van der Waals surface area contributed by atoms with Crippen molar-refractivity contribution in [2.75, 3.05) is 6.54 Å². The molecule has 180 valence electrons. The number of nitrogens with zero attached hydrogens (tertiary/aromatic N) is 1. The van der Waals surface area contributed by atoms with E-state index in [1.165, 1.54) is 17.0 Å². The molecule has 3 aromatic rings. The van der Waals surface area contributed by atoms with Gasteiger partial charge >= 0.3 is 0 Å². The number of ketones is 1. The highest BCUT2D eigenvalue weighted by Crippen LogP contribution is 2.40. The number of likely N-dealkylation sites (tertiary alicyclic amines) is 1. The van der Waals surface area contributed by atoms with Crippen molar-refractivity contribution in [2.24, 2.45) is 0 Å². The normalized spacial score (nSPS) is 17.3. The van der Waals surface area contributed by atoms with E-state index in [4.69, 9.17) is 16.3 Å². The predicted octanol–water partition coefficient (Wildman–Crippen LogP) is 5.93. The van der Waals surface area contributed by atoms with Crippen LogP contribution in [0.4, 0.5) is 4.39 Å². The Bertz CT molecular complexity index is 1270. The van der Waals surface area contributed by atoms with Crippen molar-refractivity contribution in [1.29, 1.82) is 0 Å². The molecule has 0 bridgehead atoms. The molecule has 1 N–H and O–H groups in total. The first-order valence-corrected chi connectivity index (χ1v) is 11.7. The van der Waals surface area contributed by atoms with E-state index in [9.17, 15) is 19.1 Å². The lowest BCUT2D eigenvalue weighted by Gasteiger charge is -2.26. The molecule has 1 unspecified atom stereocenters. The summed E-state index contributed by atoms with van der Waals surface area (Å²) < 4.78 is 19.1. The fourth-order valence-electron chi connectivity index (χ4n) is 4.15. The number of ether oxygens (including phenoxy) is 1. The highest BCUT2D eigenvalue weighted by molar-refractivity contribution is 6.46. The molecule has 7 heteroatoms. The zero-order valence-corrected chi connectivity index (χ0v) is 20.1. The van der Waals surface area contributed by atoms with Crippen LogP contribution in [-0.4, -0.2) is 34.3 Å². The molecule has 35 heavy (non-hydrogen) atoms. The summed E-state index contributed by atoms with van der Waals surface area (Å²) in [6.45, 7) is 4.01. The molecule has 0 radical (unpaired) electrons. The Morgan fingerprint density at radius 2 is 1.74 bits per heavy atom. The number of hydrogen-bond acceptors (Lipinski definition) is 4. The SMILES string of the molecule is CC(C)Oc1cccc(C2/C(=C(/O)c3ccc(Cl)cc3)C(=O)C(=O)N2CCc2ccc(F)cc2)c1. The first-order chi connectivity index (χ1) is 16.7. The van der Waals surface area contributed by atoms with Gasteiger partial charge in [-0.05, 0) is 79.9 Å². The minimum atomic E-state index is -0.818. The Hall–Kier alpha value is -3.64. The van der Waals surface area contributed by atoms with E-state index in [2.05, 4.69) is 0 Å². The molecule has 0 aliphatic carbocycles. The van der Waals surface area contributed by atoms with E-state index in [1.54, 1.807) is 60.7 Å². The second-order valence-electron chi connectivity index (χ2n) is 8.61. The number of aliphatic hydroxyl groups excluding tert-OH is 1. The lowest BCUT2D eigenvalue weighted by molar-refractivity contribution is -0.139. The smallest absolute Gasteiger partial charge is 0.295 e. The number of Topliss-reactive ketones (excluding diaryl/α,β-unsaturated/α-hetero) is 1. The van der Waals surface area contributed by atoms with Gasteiger partial charge in [0.25, 0.3) is 11.7 Å². The van der Waals surface area contributed by atoms with E-state index >= 15 is 0 Å². The Labute approximate surface area is 208 Å². The van der Waals surface area contributed by atoms with Gasteiger partial charge in [0.2, 0.25) is 0 Å². The van der Waals surface area contributed by atoms with Gasteiger partial charge in [0.1, 0.15) is 17.3 Å². The molecular weight excluding hydrogens is 469 g/mol. The first kappa shape index (κ1) is 24.5. The number of benzene rings is 3. The molecule has 0 saturated carbocycles. The van der Waals surface area contributed by atoms with E-state index < -0.39 is 17.7 Å². The van der Waals surface area contributed by atoms with Crippen LogP contribution < -0.4 is 4.74 Å². The van der Waals surface area contributed by atoms with E-state index in [0.29, 0.717) is 28.3 Å². The maximum Gasteiger partial charge on any atom is 0.295 e. The fourth-order valence-corrected chi connectivity index (χ4v) is 4.28. The third kappa shape index (κ3) is 5.38. The van der Waals surface area contributed by atoms with Crippen LogP contribution in [0.2, 0.25) is 5.02 Å². The molecule has 1 saturated heterocycles. The molecule has 5 nitrogen and oxygen atoms in total. The Balaban J connectivity index is 1.78. The zero-order valence-electron chi connectivity index (χ0n) is 19.4. The molecule has 1 atom stereocenters. The molecule has 0 aromatic heterocycles. The Morgan fingerprint density at radius 1 is 1.06 bits per heavy atom. The average molecular weight is 494 g/mol. The third-order valence-corrected chi connectivity index (χ3v) is 6.01. The molecule has 4 rings (SSSR count).